The van der Waals surface area contributed by atoms with Crippen molar-refractivity contribution in [1.29, 1.82) is 0 Å². The Morgan fingerprint density at radius 2 is 1.37 bits per heavy atom. The largest absolute Gasteiger partial charge is 0.490 e. The maximum atomic E-state index is 13.1. The highest BCUT2D eigenvalue weighted by atomic mass is 19.4. The summed E-state index contributed by atoms with van der Waals surface area (Å²) in [5, 5.41) is 14.2. The van der Waals surface area contributed by atoms with Crippen molar-refractivity contribution in [2.75, 3.05) is 29.4 Å². The molecule has 0 bridgehead atoms. The van der Waals surface area contributed by atoms with Crippen molar-refractivity contribution in [2.24, 2.45) is 0 Å². The molecule has 2 aliphatic heterocycles. The second kappa shape index (κ2) is 12.3. The van der Waals surface area contributed by atoms with Crippen molar-refractivity contribution in [3.8, 4) is 0 Å². The normalized spacial score (nSPS) is 15.7. The molecule has 0 atom stereocenters. The number of piperidine rings is 1. The molecule has 220 valence electrons. The third-order valence-corrected chi connectivity index (χ3v) is 6.28. The number of carboxylic acids is 2. The lowest BCUT2D eigenvalue weighted by Crippen LogP contribution is -2.45. The van der Waals surface area contributed by atoms with Crippen LogP contribution in [0.5, 0.6) is 0 Å². The predicted octanol–water partition coefficient (Wildman–Crippen LogP) is 4.97. The summed E-state index contributed by atoms with van der Waals surface area (Å²) < 4.78 is 76.6. The standard InChI is InChI=1S/C21H20FN5.2C2HF3O2/c22-16-12-24-20(25-13-16)26-10-7-21(8-11-26)15-27(17-4-3-9-23-14-17)19-6-2-1-5-18(19)21;2*3-2(4,5)1(6)7/h1-6,9,12-14H,7-8,10-11,15H2;2*(H,6,7). The number of halogens is 7. The van der Waals surface area contributed by atoms with E-state index < -0.39 is 30.1 Å². The van der Waals surface area contributed by atoms with Gasteiger partial charge in [0.25, 0.3) is 0 Å². The van der Waals surface area contributed by atoms with Crippen molar-refractivity contribution in [3.05, 3.63) is 72.6 Å². The summed E-state index contributed by atoms with van der Waals surface area (Å²) >= 11 is 0. The Balaban J connectivity index is 0.000000276. The zero-order valence-electron chi connectivity index (χ0n) is 20.9. The van der Waals surface area contributed by atoms with E-state index in [1.54, 1.807) is 0 Å². The van der Waals surface area contributed by atoms with Crippen molar-refractivity contribution >= 4 is 29.3 Å². The second-order valence-electron chi connectivity index (χ2n) is 8.89. The second-order valence-corrected chi connectivity index (χ2v) is 8.89. The Hall–Kier alpha value is -4.50. The van der Waals surface area contributed by atoms with Crippen molar-refractivity contribution in [3.63, 3.8) is 0 Å². The molecule has 0 radical (unpaired) electrons. The first kappa shape index (κ1) is 31.0. The van der Waals surface area contributed by atoms with Crippen molar-refractivity contribution in [1.82, 2.24) is 15.0 Å². The zero-order valence-corrected chi connectivity index (χ0v) is 20.9. The van der Waals surface area contributed by atoms with E-state index in [0.29, 0.717) is 5.95 Å². The molecule has 5 rings (SSSR count). The van der Waals surface area contributed by atoms with Crippen molar-refractivity contribution < 1.29 is 50.5 Å². The molecule has 1 spiro atoms. The van der Waals surface area contributed by atoms with E-state index in [-0.39, 0.29) is 5.41 Å². The van der Waals surface area contributed by atoms with Crippen molar-refractivity contribution in [2.45, 2.75) is 30.6 Å². The van der Waals surface area contributed by atoms with Crippen LogP contribution in [0.3, 0.4) is 0 Å². The molecule has 1 fully saturated rings. The van der Waals surface area contributed by atoms with Crippen LogP contribution in [0.15, 0.2) is 61.2 Å². The molecule has 0 unspecified atom stereocenters. The molecule has 0 aliphatic carbocycles. The lowest BCUT2D eigenvalue weighted by atomic mass is 9.74. The van der Waals surface area contributed by atoms with E-state index in [1.807, 2.05) is 18.5 Å². The average Bonchev–Trinajstić information content (AvgIpc) is 3.24. The van der Waals surface area contributed by atoms with E-state index in [0.717, 1.165) is 38.2 Å². The van der Waals surface area contributed by atoms with Gasteiger partial charge in [0.15, 0.2) is 5.82 Å². The van der Waals surface area contributed by atoms with E-state index in [2.05, 4.69) is 55.1 Å². The van der Waals surface area contributed by atoms with Gasteiger partial charge < -0.3 is 20.0 Å². The SMILES string of the molecule is Fc1cnc(N2CCC3(CC2)CN(c2cccnc2)c2ccccc23)nc1.O=C(O)C(F)(F)F.O=C(O)C(F)(F)F. The van der Waals surface area contributed by atoms with Gasteiger partial charge in [0, 0.05) is 36.9 Å². The Morgan fingerprint density at radius 1 is 0.829 bits per heavy atom. The van der Waals surface area contributed by atoms with E-state index in [1.165, 1.54) is 23.6 Å². The number of pyridine rings is 1. The fraction of sp³-hybridized carbons (Fsp3) is 0.320. The highest BCUT2D eigenvalue weighted by molar-refractivity contribution is 5.74. The number of fused-ring (bicyclic) bond motifs is 2. The van der Waals surface area contributed by atoms with Gasteiger partial charge in [0.1, 0.15) is 0 Å². The summed E-state index contributed by atoms with van der Waals surface area (Å²) in [6.07, 6.45) is -1.92. The number of nitrogens with zero attached hydrogens (tertiary/aromatic N) is 5. The highest BCUT2D eigenvalue weighted by Gasteiger charge is 2.45. The summed E-state index contributed by atoms with van der Waals surface area (Å²) in [6.45, 7) is 2.68. The number of aliphatic carboxylic acids is 2. The van der Waals surface area contributed by atoms with Gasteiger partial charge in [0.05, 0.1) is 24.3 Å². The first-order chi connectivity index (χ1) is 19.1. The molecule has 1 aromatic carbocycles. The Labute approximate surface area is 227 Å². The number of para-hydroxylation sites is 1. The zero-order chi connectivity index (χ0) is 30.4. The van der Waals surface area contributed by atoms with Crippen LogP contribution in [0.1, 0.15) is 18.4 Å². The van der Waals surface area contributed by atoms with Crippen LogP contribution in [0, 0.1) is 5.82 Å². The summed E-state index contributed by atoms with van der Waals surface area (Å²) in [6, 6.07) is 12.8. The number of rotatable bonds is 2. The molecule has 16 heteroatoms. The molecule has 2 N–H and O–H groups in total. The van der Waals surface area contributed by atoms with Crippen LogP contribution in [0.2, 0.25) is 0 Å². The first-order valence-corrected chi connectivity index (χ1v) is 11.7. The molecule has 41 heavy (non-hydrogen) atoms. The van der Waals surface area contributed by atoms with Gasteiger partial charge in [-0.2, -0.15) is 26.3 Å². The van der Waals surface area contributed by atoms with E-state index in [4.69, 9.17) is 19.8 Å². The lowest BCUT2D eigenvalue weighted by molar-refractivity contribution is -0.193. The molecule has 4 heterocycles. The van der Waals surface area contributed by atoms with Gasteiger partial charge in [-0.25, -0.2) is 23.9 Å². The summed E-state index contributed by atoms with van der Waals surface area (Å²) in [5.41, 5.74) is 3.93. The van der Waals surface area contributed by atoms with Crippen LogP contribution in [-0.2, 0) is 15.0 Å². The van der Waals surface area contributed by atoms with Crippen LogP contribution in [0.4, 0.5) is 48.1 Å². The maximum Gasteiger partial charge on any atom is 0.490 e. The maximum absolute atomic E-state index is 13.1. The Kier molecular flexibility index (Phi) is 9.35. The number of carbonyl (C=O) groups is 2. The number of anilines is 3. The molecule has 0 saturated carbocycles. The number of hydrogen-bond acceptors (Lipinski definition) is 7. The van der Waals surface area contributed by atoms with E-state index in [9.17, 15) is 30.7 Å². The summed E-state index contributed by atoms with van der Waals surface area (Å²) in [7, 11) is 0. The lowest BCUT2D eigenvalue weighted by Gasteiger charge is -2.40. The monoisotopic (exact) mass is 589 g/mol. The van der Waals surface area contributed by atoms with Crippen LogP contribution in [-0.4, -0.2) is 69.1 Å². The van der Waals surface area contributed by atoms with Gasteiger partial charge in [-0.05, 0) is 36.6 Å². The molecule has 9 nitrogen and oxygen atoms in total. The summed E-state index contributed by atoms with van der Waals surface area (Å²) in [5.74, 6) is -5.30. The molecule has 2 aromatic heterocycles. The number of alkyl halides is 6. The quantitative estimate of drug-likeness (QED) is 0.400. The topological polar surface area (TPSA) is 120 Å². The van der Waals surface area contributed by atoms with Gasteiger partial charge in [-0.1, -0.05) is 18.2 Å². The Bertz CT molecular complexity index is 1310. The smallest absolute Gasteiger partial charge is 0.475 e. The third-order valence-electron chi connectivity index (χ3n) is 6.28. The fourth-order valence-electron chi connectivity index (χ4n) is 4.41. The number of hydrogen-bond donors (Lipinski definition) is 2. The average molecular weight is 589 g/mol. The predicted molar refractivity (Wildman–Crippen MR) is 130 cm³/mol. The third kappa shape index (κ3) is 7.79. The van der Waals surface area contributed by atoms with Crippen LogP contribution in [0.25, 0.3) is 0 Å². The Morgan fingerprint density at radius 3 is 1.85 bits per heavy atom. The minimum atomic E-state index is -5.08. The van der Waals surface area contributed by atoms with Gasteiger partial charge in [-0.3, -0.25) is 4.98 Å². The minimum absolute atomic E-state index is 0.114. The number of aromatic nitrogens is 3. The highest BCUT2D eigenvalue weighted by Crippen LogP contribution is 2.49. The molecule has 3 aromatic rings. The fourth-order valence-corrected chi connectivity index (χ4v) is 4.41. The summed E-state index contributed by atoms with van der Waals surface area (Å²) in [4.78, 5) is 34.9. The molecule has 1 saturated heterocycles. The molecule has 2 aliphatic rings. The molecular weight excluding hydrogens is 567 g/mol. The minimum Gasteiger partial charge on any atom is -0.475 e. The van der Waals surface area contributed by atoms with Gasteiger partial charge in [-0.15, -0.1) is 0 Å². The van der Waals surface area contributed by atoms with Crippen LogP contribution >= 0.6 is 0 Å². The van der Waals surface area contributed by atoms with Crippen LogP contribution < -0.4 is 9.80 Å². The molecule has 0 amide bonds. The number of carboxylic acid groups (broad SMARTS) is 2. The van der Waals surface area contributed by atoms with Gasteiger partial charge in [0.2, 0.25) is 5.95 Å². The van der Waals surface area contributed by atoms with Gasteiger partial charge >= 0.3 is 24.3 Å². The van der Waals surface area contributed by atoms with E-state index >= 15 is 0 Å². The first-order valence-electron chi connectivity index (χ1n) is 11.7. The molecular formula is C25H22F7N5O4. The number of benzene rings is 1.